The van der Waals surface area contributed by atoms with E-state index in [0.29, 0.717) is 6.04 Å². The molecule has 0 amide bonds. The van der Waals surface area contributed by atoms with Crippen molar-refractivity contribution in [2.75, 3.05) is 44.7 Å². The summed E-state index contributed by atoms with van der Waals surface area (Å²) in [6.07, 6.45) is 6.28. The number of piperazine rings is 1. The van der Waals surface area contributed by atoms with Gasteiger partial charge >= 0.3 is 0 Å². The molecule has 0 bridgehead atoms. The molecule has 2 saturated heterocycles. The molecule has 0 aliphatic carbocycles. The van der Waals surface area contributed by atoms with E-state index in [1.165, 1.54) is 35.5 Å². The molecule has 2 aromatic heterocycles. The number of likely N-dealkylation sites (N-methyl/N-ethyl adjacent to an activating group) is 1. The minimum absolute atomic E-state index is 0.415. The van der Waals surface area contributed by atoms with E-state index < -0.39 is 0 Å². The molecule has 2 aromatic rings. The quantitative estimate of drug-likeness (QED) is 0.846. The molecule has 2 aliphatic rings. The van der Waals surface area contributed by atoms with Gasteiger partial charge in [-0.3, -0.25) is 14.9 Å². The second kappa shape index (κ2) is 7.72. The van der Waals surface area contributed by atoms with Crippen LogP contribution in [0.5, 0.6) is 0 Å². The number of hydrogen-bond donors (Lipinski definition) is 0. The van der Waals surface area contributed by atoms with E-state index in [1.54, 1.807) is 0 Å². The number of pyridine rings is 2. The zero-order valence-electron chi connectivity index (χ0n) is 15.9. The van der Waals surface area contributed by atoms with E-state index >= 15 is 0 Å². The maximum atomic E-state index is 4.77. The van der Waals surface area contributed by atoms with Crippen molar-refractivity contribution in [1.29, 1.82) is 0 Å². The fourth-order valence-electron chi connectivity index (χ4n) is 4.25. The van der Waals surface area contributed by atoms with Crippen LogP contribution in [0.15, 0.2) is 36.7 Å². The lowest BCUT2D eigenvalue weighted by Gasteiger charge is -2.35. The molecule has 26 heavy (non-hydrogen) atoms. The van der Waals surface area contributed by atoms with Crippen LogP contribution in [0.25, 0.3) is 0 Å². The summed E-state index contributed by atoms with van der Waals surface area (Å²) < 4.78 is 0. The molecule has 0 saturated carbocycles. The summed E-state index contributed by atoms with van der Waals surface area (Å²) in [6, 6.07) is 8.93. The minimum Gasteiger partial charge on any atom is -0.367 e. The van der Waals surface area contributed by atoms with Gasteiger partial charge < -0.3 is 9.80 Å². The van der Waals surface area contributed by atoms with Crippen LogP contribution in [-0.2, 0) is 6.54 Å². The van der Waals surface area contributed by atoms with Gasteiger partial charge in [0.1, 0.15) is 0 Å². The van der Waals surface area contributed by atoms with Crippen molar-refractivity contribution in [3.05, 3.63) is 53.6 Å². The number of likely N-dealkylation sites (tertiary alicyclic amines) is 1. The van der Waals surface area contributed by atoms with Crippen LogP contribution in [-0.4, -0.2) is 59.5 Å². The maximum absolute atomic E-state index is 4.77. The summed E-state index contributed by atoms with van der Waals surface area (Å²) in [5, 5.41) is 0. The van der Waals surface area contributed by atoms with Gasteiger partial charge in [0.15, 0.2) is 0 Å². The Labute approximate surface area is 156 Å². The van der Waals surface area contributed by atoms with Gasteiger partial charge in [0.05, 0.1) is 23.1 Å². The Bertz CT molecular complexity index is 739. The lowest BCUT2D eigenvalue weighted by atomic mass is 10.1. The zero-order chi connectivity index (χ0) is 17.9. The summed E-state index contributed by atoms with van der Waals surface area (Å²) in [5.74, 6) is 0. The van der Waals surface area contributed by atoms with Crippen molar-refractivity contribution in [2.24, 2.45) is 0 Å². The highest BCUT2D eigenvalue weighted by Crippen LogP contribution is 2.34. The van der Waals surface area contributed by atoms with Crippen molar-refractivity contribution in [1.82, 2.24) is 19.8 Å². The first-order valence-electron chi connectivity index (χ1n) is 9.75. The van der Waals surface area contributed by atoms with Crippen LogP contribution in [0.4, 0.5) is 5.69 Å². The van der Waals surface area contributed by atoms with Crippen LogP contribution in [0.3, 0.4) is 0 Å². The van der Waals surface area contributed by atoms with E-state index in [-0.39, 0.29) is 0 Å². The summed E-state index contributed by atoms with van der Waals surface area (Å²) in [4.78, 5) is 16.9. The van der Waals surface area contributed by atoms with Gasteiger partial charge in [0.2, 0.25) is 0 Å². The van der Waals surface area contributed by atoms with Crippen molar-refractivity contribution in [2.45, 2.75) is 32.4 Å². The summed E-state index contributed by atoms with van der Waals surface area (Å²) in [5.41, 5.74) is 5.05. The van der Waals surface area contributed by atoms with Crippen molar-refractivity contribution in [3.8, 4) is 0 Å². The molecular weight excluding hydrogens is 322 g/mol. The van der Waals surface area contributed by atoms with Crippen LogP contribution in [0, 0.1) is 6.92 Å². The predicted octanol–water partition coefficient (Wildman–Crippen LogP) is 2.87. The smallest absolute Gasteiger partial charge is 0.0777 e. The van der Waals surface area contributed by atoms with Crippen LogP contribution in [0.2, 0.25) is 0 Å². The molecule has 5 heteroatoms. The van der Waals surface area contributed by atoms with E-state index in [9.17, 15) is 0 Å². The van der Waals surface area contributed by atoms with E-state index in [4.69, 9.17) is 9.97 Å². The number of nitrogens with zero attached hydrogens (tertiary/aromatic N) is 5. The molecule has 1 unspecified atom stereocenters. The highest BCUT2D eigenvalue weighted by atomic mass is 15.3. The second-order valence-electron chi connectivity index (χ2n) is 7.59. The summed E-state index contributed by atoms with van der Waals surface area (Å²) >= 11 is 0. The Morgan fingerprint density at radius 1 is 1.00 bits per heavy atom. The monoisotopic (exact) mass is 351 g/mol. The molecule has 2 fully saturated rings. The van der Waals surface area contributed by atoms with Crippen molar-refractivity contribution < 1.29 is 0 Å². The molecule has 2 aliphatic heterocycles. The third-order valence-electron chi connectivity index (χ3n) is 5.79. The predicted molar refractivity (Wildman–Crippen MR) is 105 cm³/mol. The molecule has 1 atom stereocenters. The normalized spacial score (nSPS) is 22.1. The standard InChI is InChI=1S/C21H29N5/c1-17-6-3-10-23-21(17)20-8-5-11-26(20)16-18-19(7-4-9-22-18)25-14-12-24(2)13-15-25/h3-4,6-7,9-10,20H,5,8,11-16H2,1-2H3. The van der Waals surface area contributed by atoms with Gasteiger partial charge in [0.25, 0.3) is 0 Å². The first-order chi connectivity index (χ1) is 12.7. The van der Waals surface area contributed by atoms with Gasteiger partial charge in [-0.1, -0.05) is 6.07 Å². The molecule has 138 valence electrons. The topological polar surface area (TPSA) is 35.5 Å². The largest absolute Gasteiger partial charge is 0.367 e. The molecule has 0 aromatic carbocycles. The van der Waals surface area contributed by atoms with Gasteiger partial charge in [-0.15, -0.1) is 0 Å². The van der Waals surface area contributed by atoms with E-state index in [2.05, 4.69) is 46.9 Å². The molecule has 4 rings (SSSR count). The fourth-order valence-corrected chi connectivity index (χ4v) is 4.25. The number of aryl methyl sites for hydroxylation is 1. The Balaban J connectivity index is 1.54. The summed E-state index contributed by atoms with van der Waals surface area (Å²) in [6.45, 7) is 8.61. The van der Waals surface area contributed by atoms with Crippen LogP contribution >= 0.6 is 0 Å². The third kappa shape index (κ3) is 3.60. The minimum atomic E-state index is 0.415. The van der Waals surface area contributed by atoms with Gasteiger partial charge in [0, 0.05) is 45.1 Å². The van der Waals surface area contributed by atoms with Crippen molar-refractivity contribution in [3.63, 3.8) is 0 Å². The average Bonchev–Trinajstić information content (AvgIpc) is 3.11. The Morgan fingerprint density at radius 2 is 1.77 bits per heavy atom. The second-order valence-corrected chi connectivity index (χ2v) is 7.59. The number of aromatic nitrogens is 2. The molecule has 4 heterocycles. The zero-order valence-corrected chi connectivity index (χ0v) is 15.9. The van der Waals surface area contributed by atoms with Crippen molar-refractivity contribution >= 4 is 5.69 Å². The van der Waals surface area contributed by atoms with Crippen LogP contribution < -0.4 is 4.90 Å². The third-order valence-corrected chi connectivity index (χ3v) is 5.79. The lowest BCUT2D eigenvalue weighted by Crippen LogP contribution is -2.45. The number of anilines is 1. The number of hydrogen-bond acceptors (Lipinski definition) is 5. The highest BCUT2D eigenvalue weighted by Gasteiger charge is 2.29. The fraction of sp³-hybridized carbons (Fsp3) is 0.524. The Kier molecular flexibility index (Phi) is 5.18. The summed E-state index contributed by atoms with van der Waals surface area (Å²) in [7, 11) is 2.20. The molecular formula is C21H29N5. The van der Waals surface area contributed by atoms with Gasteiger partial charge in [-0.05, 0) is 57.1 Å². The molecule has 0 spiro atoms. The molecule has 0 N–H and O–H groups in total. The van der Waals surface area contributed by atoms with Gasteiger partial charge in [-0.25, -0.2) is 0 Å². The number of rotatable bonds is 4. The highest BCUT2D eigenvalue weighted by molar-refractivity contribution is 5.51. The van der Waals surface area contributed by atoms with Crippen LogP contribution in [0.1, 0.15) is 35.8 Å². The van der Waals surface area contributed by atoms with E-state index in [1.807, 2.05) is 18.5 Å². The Morgan fingerprint density at radius 3 is 2.58 bits per heavy atom. The average molecular weight is 351 g/mol. The molecule has 5 nitrogen and oxygen atoms in total. The molecule has 0 radical (unpaired) electrons. The first-order valence-corrected chi connectivity index (χ1v) is 9.75. The van der Waals surface area contributed by atoms with Gasteiger partial charge in [-0.2, -0.15) is 0 Å². The lowest BCUT2D eigenvalue weighted by molar-refractivity contribution is 0.240. The first kappa shape index (κ1) is 17.4. The Hall–Kier alpha value is -1.98. The SMILES string of the molecule is Cc1cccnc1C1CCCN1Cc1ncccc1N1CCN(C)CC1. The van der Waals surface area contributed by atoms with E-state index in [0.717, 1.165) is 39.3 Å². The maximum Gasteiger partial charge on any atom is 0.0777 e.